The predicted octanol–water partition coefficient (Wildman–Crippen LogP) is 4.13. The van der Waals surface area contributed by atoms with Gasteiger partial charge in [-0.05, 0) is 57.9 Å². The fourth-order valence-corrected chi connectivity index (χ4v) is 4.59. The predicted molar refractivity (Wildman–Crippen MR) is 116 cm³/mol. The molecule has 2 aromatic rings. The van der Waals surface area contributed by atoms with Gasteiger partial charge in [-0.15, -0.1) is 0 Å². The van der Waals surface area contributed by atoms with Gasteiger partial charge in [-0.3, -0.25) is 14.3 Å². The molecule has 0 saturated carbocycles. The summed E-state index contributed by atoms with van der Waals surface area (Å²) in [5, 5.41) is 0. The third kappa shape index (κ3) is 3.76. The molecule has 6 nitrogen and oxygen atoms in total. The highest BCUT2D eigenvalue weighted by atomic mass is 32.2. The molecule has 0 fully saturated rings. The molecule has 0 radical (unpaired) electrons. The molecule has 2 aliphatic heterocycles. The molecule has 2 aliphatic rings. The van der Waals surface area contributed by atoms with Crippen molar-refractivity contribution < 1.29 is 18.2 Å². The first-order valence-corrected chi connectivity index (χ1v) is 10.7. The first-order valence-electron chi connectivity index (χ1n) is 9.58. The molecular formula is C22H26N2O4S. The van der Waals surface area contributed by atoms with Crippen molar-refractivity contribution in [2.75, 3.05) is 11.8 Å². The van der Waals surface area contributed by atoms with Crippen LogP contribution < -0.4 is 14.2 Å². The second kappa shape index (κ2) is 6.85. The number of anilines is 1. The van der Waals surface area contributed by atoms with Crippen molar-refractivity contribution in [1.82, 2.24) is 0 Å². The van der Waals surface area contributed by atoms with Crippen molar-refractivity contribution in [1.29, 1.82) is 0 Å². The minimum Gasteiger partial charge on any atom is -0.493 e. The molecule has 0 aromatic heterocycles. The van der Waals surface area contributed by atoms with Gasteiger partial charge in [0.05, 0.1) is 18.4 Å². The first kappa shape index (κ1) is 19.9. The zero-order chi connectivity index (χ0) is 21.0. The van der Waals surface area contributed by atoms with Gasteiger partial charge in [-0.25, -0.2) is 4.21 Å². The highest BCUT2D eigenvalue weighted by molar-refractivity contribution is 7.80. The molecular weight excluding hydrogens is 388 g/mol. The van der Waals surface area contributed by atoms with Crippen LogP contribution in [0.3, 0.4) is 0 Å². The summed E-state index contributed by atoms with van der Waals surface area (Å²) in [5.74, 6) is 1.54. The zero-order valence-corrected chi connectivity index (χ0v) is 18.1. The fourth-order valence-electron chi connectivity index (χ4n) is 4.26. The number of methoxy groups -OCH3 is 1. The van der Waals surface area contributed by atoms with E-state index in [-0.39, 0.29) is 11.1 Å². The van der Waals surface area contributed by atoms with E-state index in [9.17, 15) is 8.76 Å². The SMILES string of the molecule is COc1cc2c(c3c1OC(C)(C)C3)C(c1cccc(NS(=O)O)c1)=NC(C)(C)C2. The van der Waals surface area contributed by atoms with E-state index in [2.05, 4.69) is 38.5 Å². The van der Waals surface area contributed by atoms with Crippen LogP contribution in [0, 0.1) is 0 Å². The van der Waals surface area contributed by atoms with Crippen LogP contribution in [0.1, 0.15) is 49.9 Å². The van der Waals surface area contributed by atoms with Gasteiger partial charge in [0.15, 0.2) is 11.5 Å². The lowest BCUT2D eigenvalue weighted by Crippen LogP contribution is -2.30. The third-order valence-electron chi connectivity index (χ3n) is 5.24. The van der Waals surface area contributed by atoms with Crippen LogP contribution in [0.5, 0.6) is 11.5 Å². The summed E-state index contributed by atoms with van der Waals surface area (Å²) in [6.07, 6.45) is 1.56. The molecule has 2 N–H and O–H groups in total. The monoisotopic (exact) mass is 414 g/mol. The van der Waals surface area contributed by atoms with Crippen LogP contribution in [-0.4, -0.2) is 32.7 Å². The van der Waals surface area contributed by atoms with E-state index in [0.717, 1.165) is 46.7 Å². The van der Waals surface area contributed by atoms with Gasteiger partial charge in [0.25, 0.3) is 11.3 Å². The molecule has 4 rings (SSSR count). The summed E-state index contributed by atoms with van der Waals surface area (Å²) < 4.78 is 34.8. The van der Waals surface area contributed by atoms with Gasteiger partial charge >= 0.3 is 0 Å². The molecule has 154 valence electrons. The van der Waals surface area contributed by atoms with Crippen LogP contribution >= 0.6 is 0 Å². The smallest absolute Gasteiger partial charge is 0.259 e. The molecule has 2 heterocycles. The topological polar surface area (TPSA) is 80.2 Å². The number of nitrogens with zero attached hydrogens (tertiary/aromatic N) is 1. The Labute approximate surface area is 173 Å². The maximum absolute atomic E-state index is 11.2. The number of aliphatic imine (C=N–C) groups is 1. The molecule has 0 bridgehead atoms. The Kier molecular flexibility index (Phi) is 4.70. The van der Waals surface area contributed by atoms with E-state index in [1.54, 1.807) is 13.2 Å². The number of rotatable bonds is 4. The molecule has 2 aromatic carbocycles. The van der Waals surface area contributed by atoms with Gasteiger partial charge in [-0.2, -0.15) is 0 Å². The molecule has 1 atom stereocenters. The van der Waals surface area contributed by atoms with Gasteiger partial charge in [-0.1, -0.05) is 12.1 Å². The lowest BCUT2D eigenvalue weighted by atomic mass is 9.81. The summed E-state index contributed by atoms with van der Waals surface area (Å²) in [7, 11) is 1.67. The van der Waals surface area contributed by atoms with Gasteiger partial charge < -0.3 is 9.47 Å². The highest BCUT2D eigenvalue weighted by Crippen LogP contribution is 2.47. The number of ether oxygens (including phenoxy) is 2. The molecule has 0 amide bonds. The zero-order valence-electron chi connectivity index (χ0n) is 17.3. The van der Waals surface area contributed by atoms with Crippen molar-refractivity contribution in [2.24, 2.45) is 4.99 Å². The highest BCUT2D eigenvalue weighted by Gasteiger charge is 2.39. The van der Waals surface area contributed by atoms with Crippen molar-refractivity contribution in [3.8, 4) is 11.5 Å². The van der Waals surface area contributed by atoms with Crippen LogP contribution in [-0.2, 0) is 24.1 Å². The van der Waals surface area contributed by atoms with Crippen molar-refractivity contribution >= 4 is 22.7 Å². The summed E-state index contributed by atoms with van der Waals surface area (Å²) in [5.41, 5.74) is 5.13. The van der Waals surface area contributed by atoms with Crippen molar-refractivity contribution in [2.45, 2.75) is 51.7 Å². The van der Waals surface area contributed by atoms with E-state index in [1.165, 1.54) is 5.56 Å². The van der Waals surface area contributed by atoms with Gasteiger partial charge in [0.2, 0.25) is 0 Å². The summed E-state index contributed by atoms with van der Waals surface area (Å²) in [4.78, 5) is 5.08. The number of nitrogens with one attached hydrogen (secondary N) is 1. The van der Waals surface area contributed by atoms with Crippen LogP contribution in [0.2, 0.25) is 0 Å². The molecule has 1 unspecified atom stereocenters. The first-order chi connectivity index (χ1) is 13.6. The summed E-state index contributed by atoms with van der Waals surface area (Å²) in [6, 6.07) is 9.52. The van der Waals surface area contributed by atoms with Crippen LogP contribution in [0.25, 0.3) is 0 Å². The number of benzene rings is 2. The minimum absolute atomic E-state index is 0.278. The Morgan fingerprint density at radius 2 is 1.97 bits per heavy atom. The van der Waals surface area contributed by atoms with Crippen LogP contribution in [0.4, 0.5) is 5.69 Å². The quantitative estimate of drug-likeness (QED) is 0.737. The molecule has 29 heavy (non-hydrogen) atoms. The average molecular weight is 415 g/mol. The largest absolute Gasteiger partial charge is 0.493 e. The lowest BCUT2D eigenvalue weighted by Gasteiger charge is -2.31. The fraction of sp³-hybridized carbons (Fsp3) is 0.409. The van der Waals surface area contributed by atoms with E-state index >= 15 is 0 Å². The van der Waals surface area contributed by atoms with E-state index < -0.39 is 11.3 Å². The van der Waals surface area contributed by atoms with Gasteiger partial charge in [0.1, 0.15) is 5.60 Å². The van der Waals surface area contributed by atoms with E-state index in [1.807, 2.05) is 18.2 Å². The second-order valence-corrected chi connectivity index (χ2v) is 9.54. The van der Waals surface area contributed by atoms with Crippen LogP contribution in [0.15, 0.2) is 35.3 Å². The number of fused-ring (bicyclic) bond motifs is 3. The molecule has 0 aliphatic carbocycles. The summed E-state index contributed by atoms with van der Waals surface area (Å²) >= 11 is -2.13. The Morgan fingerprint density at radius 3 is 2.66 bits per heavy atom. The van der Waals surface area contributed by atoms with Crippen molar-refractivity contribution in [3.63, 3.8) is 0 Å². The Morgan fingerprint density at radius 1 is 1.21 bits per heavy atom. The Balaban J connectivity index is 1.93. The third-order valence-corrected chi connectivity index (χ3v) is 5.65. The molecule has 0 saturated heterocycles. The maximum Gasteiger partial charge on any atom is 0.259 e. The number of hydrogen-bond acceptors (Lipinski definition) is 4. The normalized spacial score (nSPS) is 19.4. The Bertz CT molecular complexity index is 1040. The van der Waals surface area contributed by atoms with Crippen molar-refractivity contribution in [3.05, 3.63) is 52.6 Å². The molecule has 0 spiro atoms. The molecule has 7 heteroatoms. The second-order valence-electron chi connectivity index (χ2n) is 8.84. The maximum atomic E-state index is 11.2. The lowest BCUT2D eigenvalue weighted by molar-refractivity contribution is 0.134. The van der Waals surface area contributed by atoms with Gasteiger partial charge in [0, 0.05) is 28.8 Å². The summed E-state index contributed by atoms with van der Waals surface area (Å²) in [6.45, 7) is 8.37. The Hall–Kier alpha value is -2.38. The van der Waals surface area contributed by atoms with E-state index in [4.69, 9.17) is 14.5 Å². The van der Waals surface area contributed by atoms with E-state index in [0.29, 0.717) is 5.69 Å². The standard InChI is InChI=1S/C22H26N2O4S/c1-21(2)11-14-10-17(27-5)20-16(12-22(3,4)28-20)18(14)19(23-21)13-7-6-8-15(9-13)24-29(25)26/h6-10,24H,11-12H2,1-5H3,(H,25,26). The minimum atomic E-state index is -2.13. The average Bonchev–Trinajstić information content (AvgIpc) is 2.94. The number of hydrogen-bond donors (Lipinski definition) is 2.